The maximum Gasteiger partial charge on any atom is 0.325 e. The quantitative estimate of drug-likeness (QED) is 0.325. The van der Waals surface area contributed by atoms with Crippen LogP contribution >= 0.6 is 0 Å². The van der Waals surface area contributed by atoms with Crippen LogP contribution in [0.2, 0.25) is 0 Å². The van der Waals surface area contributed by atoms with Crippen LogP contribution in [0.5, 0.6) is 5.75 Å². The zero-order valence-corrected chi connectivity index (χ0v) is 19.7. The fourth-order valence-electron chi connectivity index (χ4n) is 3.46. The topological polar surface area (TPSA) is 125 Å². The van der Waals surface area contributed by atoms with Crippen molar-refractivity contribution in [2.75, 3.05) is 18.9 Å². The van der Waals surface area contributed by atoms with Gasteiger partial charge in [0, 0.05) is 6.54 Å². The molecule has 1 saturated carbocycles. The maximum absolute atomic E-state index is 14.1. The first-order valence-corrected chi connectivity index (χ1v) is 12.4. The summed E-state index contributed by atoms with van der Waals surface area (Å²) in [5, 5.41) is 12.0. The fourth-order valence-corrected chi connectivity index (χ4v) is 4.92. The van der Waals surface area contributed by atoms with Crippen LogP contribution in [0.3, 0.4) is 0 Å². The lowest BCUT2D eigenvalue weighted by Crippen LogP contribution is -2.36. The molecule has 0 spiro atoms. The summed E-state index contributed by atoms with van der Waals surface area (Å²) in [6.07, 6.45) is 4.70. The molecule has 1 aliphatic carbocycles. The zero-order valence-electron chi connectivity index (χ0n) is 18.9. The molecule has 1 atom stereocenters. The fraction of sp³-hybridized carbons (Fsp3) is 0.545. The van der Waals surface area contributed by atoms with E-state index in [4.69, 9.17) is 4.74 Å². The summed E-state index contributed by atoms with van der Waals surface area (Å²) in [6, 6.07) is 3.21. The Morgan fingerprint density at radius 3 is 2.61 bits per heavy atom. The van der Waals surface area contributed by atoms with Gasteiger partial charge in [-0.05, 0) is 57.7 Å². The molecule has 3 N–H and O–H groups in total. The van der Waals surface area contributed by atoms with Crippen LogP contribution in [0, 0.1) is 5.82 Å². The molecule has 11 heteroatoms. The standard InChI is InChI=1S/C22H30FN3O6S/c1-15-19(27)24-20(28)26(15)11-5-4-6-12-33(30,31)25-22(9-10-22)16-7-8-17(23)18(13-16)32-14-21(2,3)29/h4-5,7-8,13,15,25,29H,6,9-12,14H2,1-3H3,(H,24,27,28)/b5-4+/t15-/m1/s1. The van der Waals surface area contributed by atoms with Gasteiger partial charge in [-0.25, -0.2) is 22.3 Å². The highest BCUT2D eigenvalue weighted by Gasteiger charge is 2.47. The second-order valence-corrected chi connectivity index (χ2v) is 11.0. The summed E-state index contributed by atoms with van der Waals surface area (Å²) in [5.41, 5.74) is -1.33. The van der Waals surface area contributed by atoms with Crippen LogP contribution < -0.4 is 14.8 Å². The molecular formula is C22H30FN3O6S. The van der Waals surface area contributed by atoms with Crippen LogP contribution in [-0.2, 0) is 20.4 Å². The van der Waals surface area contributed by atoms with Crippen molar-refractivity contribution < 1.29 is 32.2 Å². The largest absolute Gasteiger partial charge is 0.488 e. The van der Waals surface area contributed by atoms with Crippen molar-refractivity contribution in [2.45, 2.75) is 57.2 Å². The normalized spacial score (nSPS) is 20.4. The minimum atomic E-state index is -3.64. The molecule has 3 rings (SSSR count). The van der Waals surface area contributed by atoms with Crippen molar-refractivity contribution in [1.82, 2.24) is 14.9 Å². The van der Waals surface area contributed by atoms with E-state index in [1.54, 1.807) is 32.9 Å². The number of allylic oxidation sites excluding steroid dienone is 1. The predicted molar refractivity (Wildman–Crippen MR) is 119 cm³/mol. The van der Waals surface area contributed by atoms with E-state index in [1.165, 1.54) is 23.1 Å². The Bertz CT molecular complexity index is 1050. The number of ether oxygens (including phenoxy) is 1. The lowest BCUT2D eigenvalue weighted by Gasteiger charge is -2.21. The van der Waals surface area contributed by atoms with Crippen LogP contribution in [-0.4, -0.2) is 60.9 Å². The van der Waals surface area contributed by atoms with Crippen LogP contribution in [0.15, 0.2) is 30.4 Å². The zero-order chi connectivity index (χ0) is 24.4. The Balaban J connectivity index is 1.56. The van der Waals surface area contributed by atoms with E-state index in [0.29, 0.717) is 18.4 Å². The maximum atomic E-state index is 14.1. The average Bonchev–Trinajstić information content (AvgIpc) is 3.43. The number of imide groups is 1. The Morgan fingerprint density at radius 1 is 1.33 bits per heavy atom. The Labute approximate surface area is 193 Å². The van der Waals surface area contributed by atoms with Crippen molar-refractivity contribution in [2.24, 2.45) is 0 Å². The molecule has 1 aliphatic heterocycles. The van der Waals surface area contributed by atoms with Crippen molar-refractivity contribution in [3.63, 3.8) is 0 Å². The molecular weight excluding hydrogens is 453 g/mol. The third kappa shape index (κ3) is 6.52. The van der Waals surface area contributed by atoms with E-state index in [1.807, 2.05) is 0 Å². The minimum Gasteiger partial charge on any atom is -0.488 e. The van der Waals surface area contributed by atoms with Gasteiger partial charge in [0.15, 0.2) is 11.6 Å². The number of amides is 3. The highest BCUT2D eigenvalue weighted by Crippen LogP contribution is 2.47. The molecule has 9 nitrogen and oxygen atoms in total. The SMILES string of the molecule is C[C@@H]1C(=O)NC(=O)N1C/C=C/CCS(=O)(=O)NC1(c2ccc(F)c(OCC(C)(C)O)c2)CC1. The number of nitrogens with one attached hydrogen (secondary N) is 2. The first kappa shape index (κ1) is 25.1. The van der Waals surface area contributed by atoms with E-state index < -0.39 is 39.1 Å². The molecule has 0 aromatic heterocycles. The van der Waals surface area contributed by atoms with Crippen molar-refractivity contribution in [3.05, 3.63) is 41.7 Å². The first-order chi connectivity index (χ1) is 15.3. The smallest absolute Gasteiger partial charge is 0.325 e. The molecule has 0 unspecified atom stereocenters. The summed E-state index contributed by atoms with van der Waals surface area (Å²) in [7, 11) is -3.64. The number of benzene rings is 1. The minimum absolute atomic E-state index is 0.0401. The molecule has 1 saturated heterocycles. The number of rotatable bonds is 11. The lowest BCUT2D eigenvalue weighted by atomic mass is 10.1. The highest BCUT2D eigenvalue weighted by atomic mass is 32.2. The number of carbonyl (C=O) groups excluding carboxylic acids is 2. The van der Waals surface area contributed by atoms with E-state index in [9.17, 15) is 27.5 Å². The lowest BCUT2D eigenvalue weighted by molar-refractivity contribution is -0.120. The van der Waals surface area contributed by atoms with E-state index in [2.05, 4.69) is 10.0 Å². The van der Waals surface area contributed by atoms with Gasteiger partial charge in [-0.1, -0.05) is 18.2 Å². The molecule has 2 aliphatic rings. The summed E-state index contributed by atoms with van der Waals surface area (Å²) in [6.45, 7) is 4.80. The number of halogens is 1. The molecule has 3 amide bonds. The second-order valence-electron chi connectivity index (χ2n) is 9.13. The van der Waals surface area contributed by atoms with Gasteiger partial charge in [0.05, 0.1) is 16.9 Å². The third-order valence-corrected chi connectivity index (χ3v) is 7.00. The first-order valence-electron chi connectivity index (χ1n) is 10.8. The van der Waals surface area contributed by atoms with Crippen LogP contribution in [0.4, 0.5) is 9.18 Å². The monoisotopic (exact) mass is 483 g/mol. The Kier molecular flexibility index (Phi) is 7.15. The number of carbonyl (C=O) groups is 2. The van der Waals surface area contributed by atoms with Gasteiger partial charge in [-0.15, -0.1) is 0 Å². The molecule has 33 heavy (non-hydrogen) atoms. The molecule has 1 heterocycles. The predicted octanol–water partition coefficient (Wildman–Crippen LogP) is 1.77. The van der Waals surface area contributed by atoms with Gasteiger partial charge < -0.3 is 14.7 Å². The van der Waals surface area contributed by atoms with Crippen LogP contribution in [0.25, 0.3) is 0 Å². The number of aliphatic hydroxyl groups is 1. The van der Waals surface area contributed by atoms with E-state index in [-0.39, 0.29) is 37.0 Å². The summed E-state index contributed by atoms with van der Waals surface area (Å²) in [5.74, 6) is -1.14. The van der Waals surface area contributed by atoms with E-state index in [0.717, 1.165) is 0 Å². The summed E-state index contributed by atoms with van der Waals surface area (Å²) >= 11 is 0. The van der Waals surface area contributed by atoms with Crippen molar-refractivity contribution >= 4 is 22.0 Å². The molecule has 0 radical (unpaired) electrons. The molecule has 2 fully saturated rings. The molecule has 1 aromatic rings. The Morgan fingerprint density at radius 2 is 2.03 bits per heavy atom. The van der Waals surface area contributed by atoms with Crippen molar-refractivity contribution in [1.29, 1.82) is 0 Å². The summed E-state index contributed by atoms with van der Waals surface area (Å²) in [4.78, 5) is 24.5. The second kappa shape index (κ2) is 9.40. The summed E-state index contributed by atoms with van der Waals surface area (Å²) < 4.78 is 47.5. The van der Waals surface area contributed by atoms with Gasteiger partial charge in [-0.3, -0.25) is 10.1 Å². The van der Waals surface area contributed by atoms with E-state index >= 15 is 0 Å². The number of hydrogen-bond acceptors (Lipinski definition) is 6. The number of urea groups is 1. The van der Waals surface area contributed by atoms with Gasteiger partial charge in [-0.2, -0.15) is 0 Å². The van der Waals surface area contributed by atoms with Gasteiger partial charge in [0.2, 0.25) is 10.0 Å². The van der Waals surface area contributed by atoms with Crippen LogP contribution in [0.1, 0.15) is 45.6 Å². The number of hydrogen-bond donors (Lipinski definition) is 3. The number of nitrogens with zero attached hydrogens (tertiary/aromatic N) is 1. The van der Waals surface area contributed by atoms with Gasteiger partial charge >= 0.3 is 6.03 Å². The molecule has 182 valence electrons. The third-order valence-electron chi connectivity index (χ3n) is 5.53. The van der Waals surface area contributed by atoms with Gasteiger partial charge in [0.1, 0.15) is 12.6 Å². The molecule has 1 aromatic carbocycles. The Hall–Kier alpha value is -2.50. The highest BCUT2D eigenvalue weighted by molar-refractivity contribution is 7.89. The number of sulfonamides is 1. The molecule has 0 bridgehead atoms. The van der Waals surface area contributed by atoms with Gasteiger partial charge in [0.25, 0.3) is 5.91 Å². The average molecular weight is 484 g/mol. The van der Waals surface area contributed by atoms with Crippen molar-refractivity contribution in [3.8, 4) is 5.75 Å².